The molecular weight excluding hydrogens is 328 g/mol. The first kappa shape index (κ1) is 17.0. The summed E-state index contributed by atoms with van der Waals surface area (Å²) in [7, 11) is -4.43. The third-order valence-electron chi connectivity index (χ3n) is 3.06. The normalized spacial score (nSPS) is 12.8. The second-order valence-electron chi connectivity index (χ2n) is 4.76. The van der Waals surface area contributed by atoms with Crippen LogP contribution in [0.4, 0.5) is 8.78 Å². The van der Waals surface area contributed by atoms with Crippen LogP contribution in [0.15, 0.2) is 53.4 Å². The molecule has 5 nitrogen and oxygen atoms in total. The third kappa shape index (κ3) is 4.33. The number of sulfonamides is 1. The molecule has 0 saturated carbocycles. The molecule has 2 N–H and O–H groups in total. The van der Waals surface area contributed by atoms with Crippen LogP contribution in [0.1, 0.15) is 18.0 Å². The number of aliphatic carboxylic acids is 1. The number of carboxylic acid groups (broad SMARTS) is 1. The molecule has 1 atom stereocenters. The molecule has 2 rings (SSSR count). The minimum atomic E-state index is -4.43. The third-order valence-corrected chi connectivity index (χ3v) is 4.55. The van der Waals surface area contributed by atoms with E-state index in [4.69, 9.17) is 5.11 Å². The van der Waals surface area contributed by atoms with Crippen LogP contribution in [-0.4, -0.2) is 19.5 Å². The van der Waals surface area contributed by atoms with Gasteiger partial charge in [0.05, 0.1) is 12.5 Å². The quantitative estimate of drug-likeness (QED) is 0.845. The topological polar surface area (TPSA) is 83.5 Å². The van der Waals surface area contributed by atoms with Crippen LogP contribution >= 0.6 is 0 Å². The number of hydrogen-bond acceptors (Lipinski definition) is 3. The van der Waals surface area contributed by atoms with Gasteiger partial charge in [-0.3, -0.25) is 4.79 Å². The van der Waals surface area contributed by atoms with Crippen molar-refractivity contribution in [2.24, 2.45) is 0 Å². The van der Waals surface area contributed by atoms with Crippen molar-refractivity contribution in [1.82, 2.24) is 4.72 Å². The lowest BCUT2D eigenvalue weighted by molar-refractivity contribution is -0.137. The highest BCUT2D eigenvalue weighted by molar-refractivity contribution is 7.89. The predicted molar refractivity (Wildman–Crippen MR) is 78.1 cm³/mol. The lowest BCUT2D eigenvalue weighted by Gasteiger charge is -2.17. The van der Waals surface area contributed by atoms with Crippen molar-refractivity contribution in [1.29, 1.82) is 0 Å². The second kappa shape index (κ2) is 6.84. The second-order valence-corrected chi connectivity index (χ2v) is 6.44. The Morgan fingerprint density at radius 3 is 2.39 bits per heavy atom. The largest absolute Gasteiger partial charge is 0.481 e. The smallest absolute Gasteiger partial charge is 0.305 e. The molecule has 122 valence electrons. The van der Waals surface area contributed by atoms with Gasteiger partial charge in [-0.25, -0.2) is 21.9 Å². The first-order valence-electron chi connectivity index (χ1n) is 6.54. The molecule has 0 bridgehead atoms. The number of halogens is 2. The van der Waals surface area contributed by atoms with Gasteiger partial charge >= 0.3 is 5.97 Å². The van der Waals surface area contributed by atoms with E-state index < -0.39 is 45.0 Å². The summed E-state index contributed by atoms with van der Waals surface area (Å²) in [6.07, 6.45) is -0.541. The van der Waals surface area contributed by atoms with E-state index in [0.29, 0.717) is 17.7 Å². The molecule has 0 heterocycles. The van der Waals surface area contributed by atoms with E-state index in [1.165, 1.54) is 12.1 Å². The Bertz CT molecular complexity index is 809. The van der Waals surface area contributed by atoms with Crippen LogP contribution in [0.5, 0.6) is 0 Å². The minimum absolute atomic E-state index is 0.398. The van der Waals surface area contributed by atoms with Gasteiger partial charge in [-0.1, -0.05) is 30.3 Å². The Morgan fingerprint density at radius 2 is 1.78 bits per heavy atom. The summed E-state index contributed by atoms with van der Waals surface area (Å²) in [4.78, 5) is 10.1. The van der Waals surface area contributed by atoms with Crippen molar-refractivity contribution < 1.29 is 27.1 Å². The predicted octanol–water partition coefficient (Wildman–Crippen LogP) is 2.46. The van der Waals surface area contributed by atoms with Crippen molar-refractivity contribution in [3.63, 3.8) is 0 Å². The number of benzene rings is 2. The highest BCUT2D eigenvalue weighted by Gasteiger charge is 2.26. The van der Waals surface area contributed by atoms with E-state index >= 15 is 0 Å². The average molecular weight is 341 g/mol. The molecule has 0 fully saturated rings. The standard InChI is InChI=1S/C15H13F2NO4S/c16-11-6-7-12(17)14(8-11)23(21,22)18-13(9-15(19)20)10-4-2-1-3-5-10/h1-8,13,18H,9H2,(H,19,20)/t13-/m1/s1. The summed E-state index contributed by atoms with van der Waals surface area (Å²) in [5.74, 6) is -3.27. The maximum absolute atomic E-state index is 13.7. The fourth-order valence-corrected chi connectivity index (χ4v) is 3.33. The maximum atomic E-state index is 13.7. The van der Waals surface area contributed by atoms with Gasteiger partial charge in [-0.2, -0.15) is 0 Å². The fourth-order valence-electron chi connectivity index (χ4n) is 2.02. The monoisotopic (exact) mass is 341 g/mol. The highest BCUT2D eigenvalue weighted by atomic mass is 32.2. The molecule has 2 aromatic carbocycles. The van der Waals surface area contributed by atoms with E-state index in [-0.39, 0.29) is 0 Å². The average Bonchev–Trinajstić information content (AvgIpc) is 2.49. The van der Waals surface area contributed by atoms with Gasteiger partial charge < -0.3 is 5.11 Å². The van der Waals surface area contributed by atoms with E-state index in [0.717, 1.165) is 6.07 Å². The van der Waals surface area contributed by atoms with Gasteiger partial charge in [-0.15, -0.1) is 0 Å². The number of hydrogen-bond donors (Lipinski definition) is 2. The fraction of sp³-hybridized carbons (Fsp3) is 0.133. The number of nitrogens with one attached hydrogen (secondary N) is 1. The van der Waals surface area contributed by atoms with Crippen LogP contribution in [0.25, 0.3) is 0 Å². The van der Waals surface area contributed by atoms with Crippen LogP contribution in [-0.2, 0) is 14.8 Å². The summed E-state index contributed by atoms with van der Waals surface area (Å²) in [5.41, 5.74) is 0.398. The summed E-state index contributed by atoms with van der Waals surface area (Å²) >= 11 is 0. The lowest BCUT2D eigenvalue weighted by Crippen LogP contribution is -2.31. The Balaban J connectivity index is 2.38. The van der Waals surface area contributed by atoms with Gasteiger partial charge in [0.1, 0.15) is 16.5 Å². The van der Waals surface area contributed by atoms with Gasteiger partial charge in [0.2, 0.25) is 10.0 Å². The number of carbonyl (C=O) groups is 1. The molecule has 0 saturated heterocycles. The van der Waals surface area contributed by atoms with E-state index in [1.54, 1.807) is 18.2 Å². The zero-order valence-corrected chi connectivity index (χ0v) is 12.6. The Hall–Kier alpha value is -2.32. The van der Waals surface area contributed by atoms with Gasteiger partial charge in [0, 0.05) is 0 Å². The van der Waals surface area contributed by atoms with Gasteiger partial charge in [-0.05, 0) is 23.8 Å². The van der Waals surface area contributed by atoms with Crippen molar-refractivity contribution in [3.05, 3.63) is 65.7 Å². The van der Waals surface area contributed by atoms with Crippen molar-refractivity contribution >= 4 is 16.0 Å². The van der Waals surface area contributed by atoms with E-state index in [2.05, 4.69) is 4.72 Å². The Morgan fingerprint density at radius 1 is 1.13 bits per heavy atom. The highest BCUT2D eigenvalue weighted by Crippen LogP contribution is 2.22. The summed E-state index contributed by atoms with van der Waals surface area (Å²) < 4.78 is 53.5. The summed E-state index contributed by atoms with van der Waals surface area (Å²) in [6.45, 7) is 0. The van der Waals surface area contributed by atoms with Crippen LogP contribution in [0.2, 0.25) is 0 Å². The zero-order valence-electron chi connectivity index (χ0n) is 11.7. The van der Waals surface area contributed by atoms with Crippen LogP contribution < -0.4 is 4.72 Å². The lowest BCUT2D eigenvalue weighted by atomic mass is 10.1. The van der Waals surface area contributed by atoms with Crippen molar-refractivity contribution in [2.75, 3.05) is 0 Å². The number of rotatable bonds is 6. The SMILES string of the molecule is O=C(O)C[C@@H](NS(=O)(=O)c1cc(F)ccc1F)c1ccccc1. The van der Waals surface area contributed by atoms with E-state index in [1.807, 2.05) is 0 Å². The first-order valence-corrected chi connectivity index (χ1v) is 8.02. The maximum Gasteiger partial charge on any atom is 0.305 e. The molecular formula is C15H13F2NO4S. The molecule has 2 aromatic rings. The van der Waals surface area contributed by atoms with E-state index in [9.17, 15) is 22.0 Å². The van der Waals surface area contributed by atoms with Crippen molar-refractivity contribution in [3.8, 4) is 0 Å². The van der Waals surface area contributed by atoms with Crippen LogP contribution in [0.3, 0.4) is 0 Å². The Kier molecular flexibility index (Phi) is 5.07. The van der Waals surface area contributed by atoms with Gasteiger partial charge in [0.15, 0.2) is 0 Å². The first-order chi connectivity index (χ1) is 10.8. The molecule has 0 aliphatic rings. The molecule has 0 spiro atoms. The molecule has 0 aromatic heterocycles. The molecule has 23 heavy (non-hydrogen) atoms. The molecule has 0 aliphatic carbocycles. The molecule has 0 radical (unpaired) electrons. The van der Waals surface area contributed by atoms with Crippen molar-refractivity contribution in [2.45, 2.75) is 17.4 Å². The molecule has 0 amide bonds. The van der Waals surface area contributed by atoms with Crippen LogP contribution in [0, 0.1) is 11.6 Å². The Labute approximate surface area is 131 Å². The molecule has 0 unspecified atom stereocenters. The molecule has 0 aliphatic heterocycles. The minimum Gasteiger partial charge on any atom is -0.481 e. The van der Waals surface area contributed by atoms with Gasteiger partial charge in [0.25, 0.3) is 0 Å². The zero-order chi connectivity index (χ0) is 17.0. The summed E-state index contributed by atoms with van der Waals surface area (Å²) in [6, 6.07) is 8.90. The summed E-state index contributed by atoms with van der Waals surface area (Å²) in [5, 5.41) is 8.94. The molecule has 8 heteroatoms. The number of carboxylic acids is 1.